The molecule has 0 unspecified atom stereocenters. The van der Waals surface area contributed by atoms with Gasteiger partial charge in [0.25, 0.3) is 0 Å². The Morgan fingerprint density at radius 1 is 1.04 bits per heavy atom. The number of halogens is 1. The van der Waals surface area contributed by atoms with Gasteiger partial charge in [-0.25, -0.2) is 4.98 Å². The molecular formula is C20H19ClN2OS. The Balaban J connectivity index is 1.76. The lowest BCUT2D eigenvalue weighted by Crippen LogP contribution is -1.97. The van der Waals surface area contributed by atoms with Crippen molar-refractivity contribution in [3.8, 4) is 11.6 Å². The summed E-state index contributed by atoms with van der Waals surface area (Å²) in [5.74, 6) is 2.03. The molecule has 0 spiro atoms. The Bertz CT molecular complexity index is 853. The smallest absolute Gasteiger partial charge is 0.223 e. The van der Waals surface area contributed by atoms with Gasteiger partial charge in [-0.1, -0.05) is 66.2 Å². The van der Waals surface area contributed by atoms with Crippen LogP contribution in [0.15, 0.2) is 59.8 Å². The fraction of sp³-hybridized carbons (Fsp3) is 0.200. The molecule has 5 heteroatoms. The third kappa shape index (κ3) is 5.21. The molecule has 0 N–H and O–H groups in total. The minimum absolute atomic E-state index is 0.542. The van der Waals surface area contributed by atoms with Crippen molar-refractivity contribution in [2.45, 2.75) is 31.2 Å². The van der Waals surface area contributed by atoms with Gasteiger partial charge in [0.15, 0.2) is 5.16 Å². The van der Waals surface area contributed by atoms with Gasteiger partial charge < -0.3 is 4.74 Å². The van der Waals surface area contributed by atoms with E-state index in [1.165, 1.54) is 11.1 Å². The summed E-state index contributed by atoms with van der Waals surface area (Å²) < 4.78 is 5.86. The maximum absolute atomic E-state index is 6.01. The molecule has 0 aliphatic carbocycles. The average molecular weight is 371 g/mol. The number of aromatic nitrogens is 2. The Morgan fingerprint density at radius 3 is 2.56 bits per heavy atom. The highest BCUT2D eigenvalue weighted by Crippen LogP contribution is 2.26. The second-order valence-corrected chi connectivity index (χ2v) is 7.05. The van der Waals surface area contributed by atoms with E-state index >= 15 is 0 Å². The lowest BCUT2D eigenvalue weighted by molar-refractivity contribution is 0.454. The second-order valence-electron chi connectivity index (χ2n) is 5.67. The van der Waals surface area contributed by atoms with Crippen LogP contribution in [0, 0.1) is 6.92 Å². The first-order valence-corrected chi connectivity index (χ1v) is 9.48. The van der Waals surface area contributed by atoms with Crippen LogP contribution >= 0.6 is 23.4 Å². The third-order valence-electron chi connectivity index (χ3n) is 3.60. The number of hydrogen-bond donors (Lipinski definition) is 0. The molecule has 3 aromatic rings. The van der Waals surface area contributed by atoms with Gasteiger partial charge in [0.2, 0.25) is 5.88 Å². The highest BCUT2D eigenvalue weighted by atomic mass is 35.5. The molecule has 0 atom stereocenters. The Morgan fingerprint density at radius 2 is 1.84 bits per heavy atom. The van der Waals surface area contributed by atoms with E-state index < -0.39 is 0 Å². The fourth-order valence-electron chi connectivity index (χ4n) is 2.23. The summed E-state index contributed by atoms with van der Waals surface area (Å²) in [6, 6.07) is 17.7. The monoisotopic (exact) mass is 370 g/mol. The van der Waals surface area contributed by atoms with Crippen LogP contribution in [0.3, 0.4) is 0 Å². The van der Waals surface area contributed by atoms with Crippen molar-refractivity contribution in [2.24, 2.45) is 0 Å². The first kappa shape index (κ1) is 17.8. The van der Waals surface area contributed by atoms with Crippen molar-refractivity contribution in [1.82, 2.24) is 9.97 Å². The van der Waals surface area contributed by atoms with Crippen molar-refractivity contribution in [3.05, 3.63) is 76.4 Å². The lowest BCUT2D eigenvalue weighted by atomic mass is 10.2. The highest BCUT2D eigenvalue weighted by molar-refractivity contribution is 7.98. The van der Waals surface area contributed by atoms with Crippen LogP contribution in [0.2, 0.25) is 5.02 Å². The summed E-state index contributed by atoms with van der Waals surface area (Å²) in [5, 5.41) is 1.35. The first-order valence-electron chi connectivity index (χ1n) is 8.12. The van der Waals surface area contributed by atoms with E-state index in [9.17, 15) is 0 Å². The van der Waals surface area contributed by atoms with Crippen LogP contribution in [0.1, 0.15) is 23.7 Å². The van der Waals surface area contributed by atoms with Gasteiger partial charge in [0.1, 0.15) is 5.75 Å². The lowest BCUT2D eigenvalue weighted by Gasteiger charge is -2.09. The van der Waals surface area contributed by atoms with Crippen molar-refractivity contribution in [2.75, 3.05) is 0 Å². The molecule has 0 bridgehead atoms. The van der Waals surface area contributed by atoms with E-state index in [0.29, 0.717) is 16.7 Å². The zero-order chi connectivity index (χ0) is 17.6. The van der Waals surface area contributed by atoms with Crippen molar-refractivity contribution >= 4 is 23.4 Å². The van der Waals surface area contributed by atoms with E-state index in [0.717, 1.165) is 23.0 Å². The Hall–Kier alpha value is -2.04. The number of ether oxygens (including phenoxy) is 1. The molecule has 0 fully saturated rings. The molecule has 0 saturated carbocycles. The van der Waals surface area contributed by atoms with Crippen molar-refractivity contribution < 1.29 is 4.74 Å². The molecule has 0 aliphatic rings. The van der Waals surface area contributed by atoms with E-state index in [1.54, 1.807) is 17.8 Å². The van der Waals surface area contributed by atoms with E-state index in [-0.39, 0.29) is 0 Å². The minimum atomic E-state index is 0.542. The van der Waals surface area contributed by atoms with Crippen LogP contribution in [0.4, 0.5) is 0 Å². The molecular weight excluding hydrogens is 352 g/mol. The zero-order valence-corrected chi connectivity index (χ0v) is 15.8. The summed E-state index contributed by atoms with van der Waals surface area (Å²) >= 11 is 7.62. The van der Waals surface area contributed by atoms with Crippen molar-refractivity contribution in [3.63, 3.8) is 0 Å². The number of thioether (sulfide) groups is 1. The summed E-state index contributed by atoms with van der Waals surface area (Å²) in [6.45, 7) is 4.16. The first-order chi connectivity index (χ1) is 12.1. The summed E-state index contributed by atoms with van der Waals surface area (Å²) in [4.78, 5) is 9.11. The second kappa shape index (κ2) is 8.37. The molecule has 0 aliphatic heterocycles. The van der Waals surface area contributed by atoms with Crippen LogP contribution in [-0.2, 0) is 12.2 Å². The Kier molecular flexibility index (Phi) is 5.95. The standard InChI is InChI=1S/C20H19ClN2OS/c1-3-17-12-19(24-18-6-4-5-16(21)11-18)23-20(22-17)25-13-15-9-7-14(2)8-10-15/h4-12H,3,13H2,1-2H3. The van der Waals surface area contributed by atoms with Crippen molar-refractivity contribution in [1.29, 1.82) is 0 Å². The molecule has 2 aromatic carbocycles. The number of hydrogen-bond acceptors (Lipinski definition) is 4. The zero-order valence-electron chi connectivity index (χ0n) is 14.2. The maximum Gasteiger partial charge on any atom is 0.223 e. The van der Waals surface area contributed by atoms with E-state index in [1.807, 2.05) is 24.3 Å². The number of nitrogens with zero attached hydrogens (tertiary/aromatic N) is 2. The van der Waals surface area contributed by atoms with E-state index in [4.69, 9.17) is 16.3 Å². The predicted molar refractivity (Wildman–Crippen MR) is 104 cm³/mol. The van der Waals surface area contributed by atoms with E-state index in [2.05, 4.69) is 48.1 Å². The third-order valence-corrected chi connectivity index (χ3v) is 4.76. The summed E-state index contributed by atoms with van der Waals surface area (Å²) in [5.41, 5.74) is 3.46. The molecule has 3 nitrogen and oxygen atoms in total. The van der Waals surface area contributed by atoms with Gasteiger partial charge in [-0.15, -0.1) is 0 Å². The average Bonchev–Trinajstić information content (AvgIpc) is 2.61. The van der Waals surface area contributed by atoms with Gasteiger partial charge in [-0.05, 0) is 37.1 Å². The van der Waals surface area contributed by atoms with Crippen LogP contribution in [-0.4, -0.2) is 9.97 Å². The van der Waals surface area contributed by atoms with Crippen LogP contribution in [0.5, 0.6) is 11.6 Å². The molecule has 1 heterocycles. The quantitative estimate of drug-likeness (QED) is 0.388. The number of rotatable bonds is 6. The van der Waals surface area contributed by atoms with Crippen LogP contribution < -0.4 is 4.74 Å². The highest BCUT2D eigenvalue weighted by Gasteiger charge is 2.07. The van der Waals surface area contributed by atoms with Gasteiger partial charge >= 0.3 is 0 Å². The van der Waals surface area contributed by atoms with Gasteiger partial charge in [-0.3, -0.25) is 0 Å². The minimum Gasteiger partial charge on any atom is -0.439 e. The normalized spacial score (nSPS) is 10.7. The van der Waals surface area contributed by atoms with Gasteiger partial charge in [-0.2, -0.15) is 4.98 Å². The molecule has 0 radical (unpaired) electrons. The summed E-state index contributed by atoms with van der Waals surface area (Å²) in [7, 11) is 0. The van der Waals surface area contributed by atoms with Gasteiger partial charge in [0, 0.05) is 22.5 Å². The molecule has 0 saturated heterocycles. The SMILES string of the molecule is CCc1cc(Oc2cccc(Cl)c2)nc(SCc2ccc(C)cc2)n1. The molecule has 128 valence electrons. The largest absolute Gasteiger partial charge is 0.439 e. The molecule has 0 amide bonds. The maximum atomic E-state index is 6.01. The fourth-order valence-corrected chi connectivity index (χ4v) is 3.24. The molecule has 3 rings (SSSR count). The predicted octanol–water partition coefficient (Wildman–Crippen LogP) is 6.09. The van der Waals surface area contributed by atoms with Gasteiger partial charge in [0.05, 0.1) is 0 Å². The molecule has 25 heavy (non-hydrogen) atoms. The Labute approximate surface area is 157 Å². The molecule has 1 aromatic heterocycles. The summed E-state index contributed by atoms with van der Waals surface area (Å²) in [6.07, 6.45) is 0.826. The number of benzene rings is 2. The van der Waals surface area contributed by atoms with Crippen LogP contribution in [0.25, 0.3) is 0 Å². The number of aryl methyl sites for hydroxylation is 2. The topological polar surface area (TPSA) is 35.0 Å².